The first kappa shape index (κ1) is 14.0. The van der Waals surface area contributed by atoms with E-state index in [0.29, 0.717) is 11.8 Å². The van der Waals surface area contributed by atoms with Crippen molar-refractivity contribution in [1.82, 2.24) is 0 Å². The fraction of sp³-hybridized carbons (Fsp3) is 0.500. The minimum absolute atomic E-state index is 0.370. The van der Waals surface area contributed by atoms with E-state index < -0.39 is 0 Å². The van der Waals surface area contributed by atoms with Crippen LogP contribution in [0.25, 0.3) is 0 Å². The standard InChI is InChI=1S/C10H11Br2NO.C2H6/c1-5-2-3-6-7(11)4-8(12)10(14)9(6)13-5;1-2/h4-5,13-14H,2-3H2,1H3;1-2H3/p+1. The lowest BCUT2D eigenvalue weighted by Crippen LogP contribution is -2.85. The van der Waals surface area contributed by atoms with Crippen molar-refractivity contribution in [2.45, 2.75) is 39.7 Å². The molecule has 0 spiro atoms. The zero-order valence-corrected chi connectivity index (χ0v) is 13.0. The predicted molar refractivity (Wildman–Crippen MR) is 74.2 cm³/mol. The van der Waals surface area contributed by atoms with Gasteiger partial charge in [-0.2, -0.15) is 0 Å². The fourth-order valence-electron chi connectivity index (χ4n) is 1.84. The average Bonchev–Trinajstić information content (AvgIpc) is 2.28. The summed E-state index contributed by atoms with van der Waals surface area (Å²) in [7, 11) is 0. The summed E-state index contributed by atoms with van der Waals surface area (Å²) >= 11 is 6.87. The third kappa shape index (κ3) is 2.79. The highest BCUT2D eigenvalue weighted by atomic mass is 79.9. The van der Waals surface area contributed by atoms with Gasteiger partial charge in [-0.1, -0.05) is 29.8 Å². The van der Waals surface area contributed by atoms with Crippen LogP contribution in [0, 0.1) is 0 Å². The number of aromatic hydroxyl groups is 1. The average molecular weight is 352 g/mol. The number of nitrogens with two attached hydrogens (primary N) is 1. The topological polar surface area (TPSA) is 36.8 Å². The molecule has 1 aromatic rings. The van der Waals surface area contributed by atoms with Crippen LogP contribution in [-0.2, 0) is 6.42 Å². The van der Waals surface area contributed by atoms with Crippen LogP contribution in [0.2, 0.25) is 0 Å². The van der Waals surface area contributed by atoms with E-state index in [1.807, 2.05) is 19.9 Å². The van der Waals surface area contributed by atoms with Crippen molar-refractivity contribution in [3.63, 3.8) is 0 Å². The van der Waals surface area contributed by atoms with Crippen LogP contribution in [0.1, 0.15) is 32.8 Å². The van der Waals surface area contributed by atoms with Crippen molar-refractivity contribution < 1.29 is 10.4 Å². The number of hydrogen-bond donors (Lipinski definition) is 2. The molecule has 4 heteroatoms. The van der Waals surface area contributed by atoms with Crippen LogP contribution in [0.15, 0.2) is 15.0 Å². The van der Waals surface area contributed by atoms with Crippen LogP contribution in [0.4, 0.5) is 5.69 Å². The van der Waals surface area contributed by atoms with Crippen LogP contribution in [-0.4, -0.2) is 11.1 Å². The Bertz CT molecular complexity index is 380. The minimum atomic E-state index is 0.370. The van der Waals surface area contributed by atoms with Crippen molar-refractivity contribution in [2.75, 3.05) is 0 Å². The maximum Gasteiger partial charge on any atom is 0.191 e. The number of hydrogen-bond acceptors (Lipinski definition) is 1. The summed E-state index contributed by atoms with van der Waals surface area (Å²) in [5, 5.41) is 12.0. The number of rotatable bonds is 0. The maximum absolute atomic E-state index is 9.89. The summed E-state index contributed by atoms with van der Waals surface area (Å²) in [6.45, 7) is 6.18. The highest BCUT2D eigenvalue weighted by molar-refractivity contribution is 9.11. The van der Waals surface area contributed by atoms with E-state index in [9.17, 15) is 5.11 Å². The molecule has 2 nitrogen and oxygen atoms in total. The number of fused-ring (bicyclic) bond motifs is 1. The van der Waals surface area contributed by atoms with Crippen molar-refractivity contribution >= 4 is 37.5 Å². The van der Waals surface area contributed by atoms with Gasteiger partial charge in [-0.15, -0.1) is 0 Å². The van der Waals surface area contributed by atoms with Crippen molar-refractivity contribution in [2.24, 2.45) is 0 Å². The lowest BCUT2D eigenvalue weighted by molar-refractivity contribution is -0.612. The zero-order chi connectivity index (χ0) is 12.3. The minimum Gasteiger partial charge on any atom is -0.502 e. The van der Waals surface area contributed by atoms with Crippen LogP contribution < -0.4 is 5.32 Å². The van der Waals surface area contributed by atoms with Gasteiger partial charge in [-0.05, 0) is 35.3 Å². The van der Waals surface area contributed by atoms with E-state index in [0.717, 1.165) is 27.5 Å². The van der Waals surface area contributed by atoms with Gasteiger partial charge in [-0.3, -0.25) is 0 Å². The van der Waals surface area contributed by atoms with E-state index in [4.69, 9.17) is 0 Å². The van der Waals surface area contributed by atoms with E-state index >= 15 is 0 Å². The maximum atomic E-state index is 9.89. The second-order valence-corrected chi connectivity index (χ2v) is 5.47. The lowest BCUT2D eigenvalue weighted by Gasteiger charge is -2.21. The highest BCUT2D eigenvalue weighted by Crippen LogP contribution is 2.39. The summed E-state index contributed by atoms with van der Waals surface area (Å²) in [6.07, 6.45) is 2.20. The Morgan fingerprint density at radius 2 is 1.94 bits per heavy atom. The van der Waals surface area contributed by atoms with Crippen LogP contribution >= 0.6 is 31.9 Å². The number of quaternary nitrogens is 1. The molecule has 1 heterocycles. The molecular weight excluding hydrogens is 334 g/mol. The number of benzene rings is 1. The molecule has 0 saturated heterocycles. The molecule has 0 bridgehead atoms. The van der Waals surface area contributed by atoms with Gasteiger partial charge in [0.2, 0.25) is 0 Å². The molecule has 0 aliphatic carbocycles. The van der Waals surface area contributed by atoms with Crippen molar-refractivity contribution in [1.29, 1.82) is 0 Å². The summed E-state index contributed by atoms with van der Waals surface area (Å²) in [5.74, 6) is 0.370. The van der Waals surface area contributed by atoms with E-state index in [-0.39, 0.29) is 0 Å². The molecule has 1 unspecified atom stereocenters. The molecule has 3 N–H and O–H groups in total. The Morgan fingerprint density at radius 1 is 1.31 bits per heavy atom. The molecule has 1 aliphatic rings. The Balaban J connectivity index is 0.000000606. The molecule has 1 atom stereocenters. The quantitative estimate of drug-likeness (QED) is 0.545. The largest absolute Gasteiger partial charge is 0.502 e. The molecule has 0 radical (unpaired) electrons. The van der Waals surface area contributed by atoms with Gasteiger partial charge >= 0.3 is 0 Å². The van der Waals surface area contributed by atoms with Gasteiger partial charge < -0.3 is 10.4 Å². The second-order valence-electron chi connectivity index (χ2n) is 3.76. The van der Waals surface area contributed by atoms with Gasteiger partial charge in [0.05, 0.1) is 10.5 Å². The predicted octanol–water partition coefficient (Wildman–Crippen LogP) is 3.47. The third-order valence-corrected chi connectivity index (χ3v) is 3.96. The molecule has 0 aromatic heterocycles. The molecule has 0 amide bonds. The van der Waals surface area contributed by atoms with Gasteiger partial charge in [0.1, 0.15) is 0 Å². The van der Waals surface area contributed by atoms with E-state index in [2.05, 4.69) is 44.1 Å². The first-order valence-electron chi connectivity index (χ1n) is 5.64. The van der Waals surface area contributed by atoms with E-state index in [1.54, 1.807) is 0 Å². The first-order valence-corrected chi connectivity index (χ1v) is 7.23. The SMILES string of the molecule is CC.CC1CCc2c(Br)cc(Br)c(O)c2[NH2+]1. The highest BCUT2D eigenvalue weighted by Gasteiger charge is 2.25. The van der Waals surface area contributed by atoms with E-state index in [1.165, 1.54) is 5.56 Å². The second kappa shape index (κ2) is 6.03. The Labute approximate surface area is 114 Å². The molecule has 1 aromatic carbocycles. The molecule has 0 fully saturated rings. The molecule has 16 heavy (non-hydrogen) atoms. The Hall–Kier alpha value is -0.0600. The normalized spacial score (nSPS) is 18.4. The van der Waals surface area contributed by atoms with Gasteiger partial charge in [0.25, 0.3) is 0 Å². The van der Waals surface area contributed by atoms with Crippen molar-refractivity contribution in [3.8, 4) is 5.75 Å². The smallest absolute Gasteiger partial charge is 0.191 e. The first-order chi connectivity index (χ1) is 7.59. The van der Waals surface area contributed by atoms with Crippen LogP contribution in [0.3, 0.4) is 0 Å². The molecule has 90 valence electrons. The molecule has 0 saturated carbocycles. The van der Waals surface area contributed by atoms with Crippen molar-refractivity contribution in [3.05, 3.63) is 20.6 Å². The summed E-state index contributed by atoms with van der Waals surface area (Å²) in [4.78, 5) is 0. The Kier molecular flexibility index (Phi) is 5.28. The number of phenols is 1. The molecule has 2 rings (SSSR count). The third-order valence-electron chi connectivity index (χ3n) is 2.65. The van der Waals surface area contributed by atoms with Gasteiger partial charge in [-0.25, -0.2) is 0 Å². The number of phenolic OH excluding ortho intramolecular Hbond substituents is 1. The summed E-state index contributed by atoms with van der Waals surface area (Å²) in [5.41, 5.74) is 2.22. The zero-order valence-electron chi connectivity index (χ0n) is 9.85. The summed E-state index contributed by atoms with van der Waals surface area (Å²) < 4.78 is 1.84. The Morgan fingerprint density at radius 3 is 2.56 bits per heavy atom. The lowest BCUT2D eigenvalue weighted by atomic mass is 9.98. The molecular formula is C12H18Br2NO+. The fourth-order valence-corrected chi connectivity index (χ4v) is 3.23. The molecule has 1 aliphatic heterocycles. The van der Waals surface area contributed by atoms with Crippen LogP contribution in [0.5, 0.6) is 5.75 Å². The number of halogens is 2. The van der Waals surface area contributed by atoms with Gasteiger partial charge in [0, 0.05) is 16.5 Å². The summed E-state index contributed by atoms with van der Waals surface area (Å²) in [6, 6.07) is 2.47. The van der Waals surface area contributed by atoms with Gasteiger partial charge in [0.15, 0.2) is 11.4 Å². The monoisotopic (exact) mass is 350 g/mol.